The van der Waals surface area contributed by atoms with Gasteiger partial charge in [0.05, 0.1) is 7.11 Å². The zero-order valence-corrected chi connectivity index (χ0v) is 12.0. The number of ether oxygens (including phenoxy) is 1. The first-order chi connectivity index (χ1) is 10.3. The number of nitrogens with one attached hydrogen (secondary N) is 1. The topological polar surface area (TPSA) is 64.4 Å². The number of hydrogen-bond donors (Lipinski definition) is 1. The van der Waals surface area contributed by atoms with Crippen molar-refractivity contribution in [2.75, 3.05) is 7.11 Å². The molecule has 1 saturated carbocycles. The van der Waals surface area contributed by atoms with Crippen LogP contribution < -0.4 is 10.1 Å². The van der Waals surface area contributed by atoms with Crippen molar-refractivity contribution >= 4 is 5.91 Å². The van der Waals surface area contributed by atoms with E-state index in [4.69, 9.17) is 9.26 Å². The fourth-order valence-electron chi connectivity index (χ4n) is 2.63. The molecule has 0 spiro atoms. The number of carbonyl (C=O) groups excluding carboxylic acids is 1. The standard InChI is InChI=1S/C16H18N2O3/c1-20-13-8-4-5-11(9-13)14-10-15(21-18-14)16(19)17-12-6-2-3-7-12/h4-5,8-10,12H,2-3,6-7H2,1H3,(H,17,19). The minimum Gasteiger partial charge on any atom is -0.497 e. The first-order valence-electron chi connectivity index (χ1n) is 7.18. The maximum Gasteiger partial charge on any atom is 0.290 e. The highest BCUT2D eigenvalue weighted by Gasteiger charge is 2.20. The molecule has 110 valence electrons. The van der Waals surface area contributed by atoms with Crippen molar-refractivity contribution in [2.24, 2.45) is 0 Å². The molecule has 5 heteroatoms. The first kappa shape index (κ1) is 13.7. The van der Waals surface area contributed by atoms with Crippen molar-refractivity contribution in [1.29, 1.82) is 0 Å². The molecular weight excluding hydrogens is 268 g/mol. The molecule has 1 aliphatic rings. The van der Waals surface area contributed by atoms with E-state index < -0.39 is 0 Å². The molecule has 1 aromatic heterocycles. The minimum atomic E-state index is -0.191. The maximum atomic E-state index is 12.1. The number of rotatable bonds is 4. The summed E-state index contributed by atoms with van der Waals surface area (Å²) in [6.07, 6.45) is 4.44. The van der Waals surface area contributed by atoms with Crippen molar-refractivity contribution in [1.82, 2.24) is 10.5 Å². The van der Waals surface area contributed by atoms with Crippen molar-refractivity contribution < 1.29 is 14.1 Å². The number of nitrogens with zero attached hydrogens (tertiary/aromatic N) is 1. The van der Waals surface area contributed by atoms with E-state index in [0.29, 0.717) is 5.69 Å². The number of methoxy groups -OCH3 is 1. The molecule has 1 N–H and O–H groups in total. The SMILES string of the molecule is COc1cccc(-c2cc(C(=O)NC3CCCC3)on2)c1. The molecule has 1 heterocycles. The van der Waals surface area contributed by atoms with Crippen LogP contribution in [-0.4, -0.2) is 24.2 Å². The lowest BCUT2D eigenvalue weighted by Crippen LogP contribution is -2.32. The Morgan fingerprint density at radius 2 is 2.14 bits per heavy atom. The van der Waals surface area contributed by atoms with Gasteiger partial charge < -0.3 is 14.6 Å². The van der Waals surface area contributed by atoms with E-state index in [0.717, 1.165) is 24.2 Å². The zero-order valence-electron chi connectivity index (χ0n) is 12.0. The van der Waals surface area contributed by atoms with E-state index in [-0.39, 0.29) is 17.7 Å². The second-order valence-electron chi connectivity index (χ2n) is 5.26. The minimum absolute atomic E-state index is 0.191. The van der Waals surface area contributed by atoms with Crippen molar-refractivity contribution in [2.45, 2.75) is 31.7 Å². The molecule has 2 aromatic rings. The van der Waals surface area contributed by atoms with Crippen molar-refractivity contribution in [3.8, 4) is 17.0 Å². The summed E-state index contributed by atoms with van der Waals surface area (Å²) in [6.45, 7) is 0. The van der Waals surface area contributed by atoms with E-state index in [1.165, 1.54) is 12.8 Å². The molecule has 21 heavy (non-hydrogen) atoms. The Morgan fingerprint density at radius 3 is 2.90 bits per heavy atom. The zero-order chi connectivity index (χ0) is 14.7. The average Bonchev–Trinajstić information content (AvgIpc) is 3.18. The number of carbonyl (C=O) groups is 1. The smallest absolute Gasteiger partial charge is 0.290 e. The molecule has 5 nitrogen and oxygen atoms in total. The summed E-state index contributed by atoms with van der Waals surface area (Å²) in [5.74, 6) is 0.802. The number of benzene rings is 1. The van der Waals surface area contributed by atoms with Crippen LogP contribution in [0.2, 0.25) is 0 Å². The third-order valence-corrected chi connectivity index (χ3v) is 3.79. The fraction of sp³-hybridized carbons (Fsp3) is 0.375. The molecule has 0 saturated heterocycles. The Hall–Kier alpha value is -2.30. The Kier molecular flexibility index (Phi) is 3.90. The van der Waals surface area contributed by atoms with Crippen molar-refractivity contribution in [3.05, 3.63) is 36.1 Å². The normalized spacial score (nSPS) is 15.1. The summed E-state index contributed by atoms with van der Waals surface area (Å²) in [4.78, 5) is 12.1. The van der Waals surface area contributed by atoms with Gasteiger partial charge in [0, 0.05) is 17.7 Å². The van der Waals surface area contributed by atoms with Crippen LogP contribution in [-0.2, 0) is 0 Å². The number of aromatic nitrogens is 1. The molecule has 1 fully saturated rings. The van der Waals surface area contributed by atoms with Gasteiger partial charge in [-0.15, -0.1) is 0 Å². The summed E-state index contributed by atoms with van der Waals surface area (Å²) >= 11 is 0. The Labute approximate surface area is 123 Å². The molecule has 1 amide bonds. The third-order valence-electron chi connectivity index (χ3n) is 3.79. The monoisotopic (exact) mass is 286 g/mol. The molecule has 0 radical (unpaired) electrons. The average molecular weight is 286 g/mol. The van der Waals surface area contributed by atoms with Gasteiger partial charge in [-0.05, 0) is 25.0 Å². The number of hydrogen-bond acceptors (Lipinski definition) is 4. The lowest BCUT2D eigenvalue weighted by Gasteiger charge is -2.09. The third kappa shape index (κ3) is 3.07. The maximum absolute atomic E-state index is 12.1. The molecule has 1 aromatic carbocycles. The second kappa shape index (κ2) is 5.99. The quantitative estimate of drug-likeness (QED) is 0.938. The van der Waals surface area contributed by atoms with E-state index >= 15 is 0 Å². The van der Waals surface area contributed by atoms with Crippen LogP contribution in [0.1, 0.15) is 36.2 Å². The summed E-state index contributed by atoms with van der Waals surface area (Å²) in [6, 6.07) is 9.43. The molecular formula is C16H18N2O3. The summed E-state index contributed by atoms with van der Waals surface area (Å²) in [7, 11) is 1.61. The molecule has 0 atom stereocenters. The van der Waals surface area contributed by atoms with Gasteiger partial charge in [-0.3, -0.25) is 4.79 Å². The lowest BCUT2D eigenvalue weighted by molar-refractivity contribution is 0.0900. The summed E-state index contributed by atoms with van der Waals surface area (Å²) < 4.78 is 10.3. The fourth-order valence-corrected chi connectivity index (χ4v) is 2.63. The molecule has 3 rings (SSSR count). The van der Waals surface area contributed by atoms with Crippen LogP contribution >= 0.6 is 0 Å². The van der Waals surface area contributed by atoms with Gasteiger partial charge in [-0.1, -0.05) is 30.1 Å². The lowest BCUT2D eigenvalue weighted by atomic mass is 10.1. The Morgan fingerprint density at radius 1 is 1.33 bits per heavy atom. The largest absolute Gasteiger partial charge is 0.497 e. The van der Waals surface area contributed by atoms with Gasteiger partial charge in [0.2, 0.25) is 5.76 Å². The van der Waals surface area contributed by atoms with Gasteiger partial charge in [0.1, 0.15) is 11.4 Å². The number of amides is 1. The predicted molar refractivity (Wildman–Crippen MR) is 78.2 cm³/mol. The Balaban J connectivity index is 1.74. The van der Waals surface area contributed by atoms with Crippen molar-refractivity contribution in [3.63, 3.8) is 0 Å². The van der Waals surface area contributed by atoms with Gasteiger partial charge in [0.25, 0.3) is 5.91 Å². The van der Waals surface area contributed by atoms with Gasteiger partial charge in [-0.25, -0.2) is 0 Å². The van der Waals surface area contributed by atoms with E-state index in [1.807, 2.05) is 24.3 Å². The summed E-state index contributed by atoms with van der Waals surface area (Å²) in [5, 5.41) is 6.95. The highest BCUT2D eigenvalue weighted by Crippen LogP contribution is 2.24. The van der Waals surface area contributed by atoms with Gasteiger partial charge in [-0.2, -0.15) is 0 Å². The highest BCUT2D eigenvalue weighted by molar-refractivity contribution is 5.92. The molecule has 0 bridgehead atoms. The van der Waals surface area contributed by atoms with Gasteiger partial charge >= 0.3 is 0 Å². The summed E-state index contributed by atoms with van der Waals surface area (Å²) in [5.41, 5.74) is 1.49. The van der Waals surface area contributed by atoms with Crippen LogP contribution in [0.5, 0.6) is 5.75 Å². The molecule has 0 unspecified atom stereocenters. The predicted octanol–water partition coefficient (Wildman–Crippen LogP) is 3.02. The Bertz CT molecular complexity index is 630. The second-order valence-corrected chi connectivity index (χ2v) is 5.26. The highest BCUT2D eigenvalue weighted by atomic mass is 16.5. The van der Waals surface area contributed by atoms with Crippen LogP contribution in [0.3, 0.4) is 0 Å². The van der Waals surface area contributed by atoms with Crippen LogP contribution in [0.25, 0.3) is 11.3 Å². The van der Waals surface area contributed by atoms with Crippen LogP contribution in [0.15, 0.2) is 34.9 Å². The molecule has 0 aliphatic heterocycles. The van der Waals surface area contributed by atoms with E-state index in [9.17, 15) is 4.79 Å². The van der Waals surface area contributed by atoms with E-state index in [2.05, 4.69) is 10.5 Å². The molecule has 1 aliphatic carbocycles. The first-order valence-corrected chi connectivity index (χ1v) is 7.18. The van der Waals surface area contributed by atoms with Crippen LogP contribution in [0, 0.1) is 0 Å². The van der Waals surface area contributed by atoms with E-state index in [1.54, 1.807) is 13.2 Å². The van der Waals surface area contributed by atoms with Gasteiger partial charge in [0.15, 0.2) is 0 Å². The van der Waals surface area contributed by atoms with Crippen LogP contribution in [0.4, 0.5) is 0 Å².